The summed E-state index contributed by atoms with van der Waals surface area (Å²) in [5, 5.41) is 0. The number of halogens is 1. The number of methoxy groups -OCH3 is 1. The fourth-order valence-corrected chi connectivity index (χ4v) is 0.988. The summed E-state index contributed by atoms with van der Waals surface area (Å²) in [4.78, 5) is 3.23. The predicted molar refractivity (Wildman–Crippen MR) is 49.3 cm³/mol. The Morgan fingerprint density at radius 1 is 1.57 bits per heavy atom. The second-order valence-corrected chi connectivity index (χ2v) is 2.84. The Bertz CT molecular complexity index is 319. The van der Waals surface area contributed by atoms with Crippen LogP contribution in [0.15, 0.2) is 17.2 Å². The Balaban J connectivity index is 0.000000791. The fraction of sp³-hybridized carbons (Fsp3) is 0.375. The Labute approximate surface area is 84.4 Å². The van der Waals surface area contributed by atoms with Gasteiger partial charge in [0.15, 0.2) is 5.82 Å². The lowest BCUT2D eigenvalue weighted by atomic mass is 10.5. The van der Waals surface area contributed by atoms with Crippen molar-refractivity contribution < 1.29 is 17.9 Å². The summed E-state index contributed by atoms with van der Waals surface area (Å²) in [6, 6.07) is 0.842. The Hall–Kier alpha value is -1.01. The summed E-state index contributed by atoms with van der Waals surface area (Å²) in [5.41, 5.74) is 0. The van der Waals surface area contributed by atoms with E-state index in [1.165, 1.54) is 7.11 Å². The van der Waals surface area contributed by atoms with Gasteiger partial charge in [0.05, 0.1) is 7.11 Å². The van der Waals surface area contributed by atoms with Crippen molar-refractivity contribution in [3.8, 4) is 5.88 Å². The summed E-state index contributed by atoms with van der Waals surface area (Å²) >= 11 is -2.46. The van der Waals surface area contributed by atoms with Crippen LogP contribution in [0, 0.1) is 5.82 Å². The molecule has 0 spiro atoms. The van der Waals surface area contributed by atoms with Crippen LogP contribution in [0.4, 0.5) is 4.39 Å². The molecule has 0 fully saturated rings. The van der Waals surface area contributed by atoms with E-state index in [9.17, 15) is 13.2 Å². The molecule has 14 heavy (non-hydrogen) atoms. The normalized spacial score (nSPS) is 11.2. The molecule has 0 amide bonds. The number of ether oxygens (including phenoxy) is 1. The van der Waals surface area contributed by atoms with Gasteiger partial charge in [-0.05, 0) is 17.1 Å². The first-order chi connectivity index (χ1) is 6.65. The van der Waals surface area contributed by atoms with Gasteiger partial charge in [-0.1, -0.05) is 13.8 Å². The third kappa shape index (κ3) is 3.39. The van der Waals surface area contributed by atoms with Gasteiger partial charge < -0.3 is 9.29 Å². The number of pyridine rings is 1. The van der Waals surface area contributed by atoms with Crippen molar-refractivity contribution >= 4 is 11.1 Å². The highest BCUT2D eigenvalue weighted by atomic mass is 32.2. The van der Waals surface area contributed by atoms with E-state index >= 15 is 0 Å². The molecule has 1 heterocycles. The van der Waals surface area contributed by atoms with Crippen molar-refractivity contribution in [1.82, 2.24) is 4.98 Å². The first-order valence-electron chi connectivity index (χ1n) is 3.94. The van der Waals surface area contributed by atoms with E-state index in [4.69, 9.17) is 0 Å². The van der Waals surface area contributed by atoms with Crippen LogP contribution < -0.4 is 4.74 Å². The number of aromatic nitrogens is 1. The summed E-state index contributed by atoms with van der Waals surface area (Å²) in [7, 11) is 1.25. The third-order valence-corrected chi connectivity index (χ3v) is 1.78. The molecule has 0 saturated carbocycles. The van der Waals surface area contributed by atoms with Gasteiger partial charge >= 0.3 is 0 Å². The van der Waals surface area contributed by atoms with Gasteiger partial charge in [-0.2, -0.15) is 0 Å². The lowest BCUT2D eigenvalue weighted by molar-refractivity contribution is 0.367. The van der Waals surface area contributed by atoms with Gasteiger partial charge in [0.25, 0.3) is 0 Å². The minimum Gasteiger partial charge on any atom is -0.768 e. The van der Waals surface area contributed by atoms with Gasteiger partial charge in [-0.25, -0.2) is 9.37 Å². The highest BCUT2D eigenvalue weighted by molar-refractivity contribution is 7.79. The number of hydrogen-bond acceptors (Lipinski definition) is 4. The second-order valence-electron chi connectivity index (χ2n) is 1.90. The van der Waals surface area contributed by atoms with Crippen LogP contribution in [0.2, 0.25) is 0 Å². The van der Waals surface area contributed by atoms with Gasteiger partial charge in [0.1, 0.15) is 0 Å². The quantitative estimate of drug-likeness (QED) is 0.708. The number of hydrogen-bond donors (Lipinski definition) is 0. The Morgan fingerprint density at radius 3 is 2.50 bits per heavy atom. The van der Waals surface area contributed by atoms with Crippen LogP contribution in [-0.2, 0) is 11.1 Å². The van der Waals surface area contributed by atoms with E-state index in [2.05, 4.69) is 9.72 Å². The smallest absolute Gasteiger partial charge is 0.250 e. The van der Waals surface area contributed by atoms with Crippen LogP contribution >= 0.6 is 0 Å². The third-order valence-electron chi connectivity index (χ3n) is 1.17. The number of nitrogens with zero attached hydrogens (tertiary/aromatic N) is 1. The zero-order valence-electron chi connectivity index (χ0n) is 8.11. The lowest BCUT2D eigenvalue weighted by Gasteiger charge is -2.05. The van der Waals surface area contributed by atoms with E-state index in [1.54, 1.807) is 0 Å². The molecule has 1 rings (SSSR count). The molecular weight excluding hydrogens is 209 g/mol. The predicted octanol–water partition coefficient (Wildman–Crippen LogP) is 1.49. The molecule has 0 saturated heterocycles. The van der Waals surface area contributed by atoms with Crippen LogP contribution in [0.3, 0.4) is 0 Å². The molecule has 0 aliphatic carbocycles. The molecule has 4 nitrogen and oxygen atoms in total. The zero-order valence-corrected chi connectivity index (χ0v) is 8.93. The maximum atomic E-state index is 12.7. The molecule has 6 heteroatoms. The van der Waals surface area contributed by atoms with E-state index in [0.29, 0.717) is 0 Å². The first kappa shape index (κ1) is 13.0. The molecule has 1 atom stereocenters. The first-order valence-corrected chi connectivity index (χ1v) is 5.01. The molecule has 0 aliphatic rings. The Kier molecular flexibility index (Phi) is 5.98. The largest absolute Gasteiger partial charge is 0.768 e. The van der Waals surface area contributed by atoms with Gasteiger partial charge in [0, 0.05) is 11.1 Å². The van der Waals surface area contributed by atoms with E-state index < -0.39 is 16.9 Å². The summed E-state index contributed by atoms with van der Waals surface area (Å²) < 4.78 is 37.9. The van der Waals surface area contributed by atoms with Crippen molar-refractivity contribution in [2.45, 2.75) is 18.7 Å². The topological polar surface area (TPSA) is 62.2 Å². The lowest BCUT2D eigenvalue weighted by Crippen LogP contribution is -1.96. The molecule has 1 aromatic heterocycles. The minimum atomic E-state index is -2.46. The molecule has 0 aromatic carbocycles. The summed E-state index contributed by atoms with van der Waals surface area (Å²) in [6.45, 7) is 4.00. The molecule has 0 aliphatic heterocycles. The van der Waals surface area contributed by atoms with Gasteiger partial charge in [-0.15, -0.1) is 0 Å². The van der Waals surface area contributed by atoms with Crippen LogP contribution in [0.1, 0.15) is 13.8 Å². The minimum absolute atomic E-state index is 0.201. The van der Waals surface area contributed by atoms with E-state index in [1.807, 2.05) is 13.8 Å². The Morgan fingerprint density at radius 2 is 2.14 bits per heavy atom. The monoisotopic (exact) mass is 220 g/mol. The van der Waals surface area contributed by atoms with E-state index in [-0.39, 0.29) is 10.8 Å². The molecule has 80 valence electrons. The van der Waals surface area contributed by atoms with Crippen molar-refractivity contribution in [1.29, 1.82) is 0 Å². The molecule has 0 bridgehead atoms. The number of rotatable bonds is 2. The molecule has 1 unspecified atom stereocenters. The summed E-state index contributed by atoms with van der Waals surface area (Å²) in [6.07, 6.45) is 1.02. The van der Waals surface area contributed by atoms with Gasteiger partial charge in [0.2, 0.25) is 5.88 Å². The second kappa shape index (κ2) is 6.44. The SMILES string of the molecule is CC.COc1ncc(S(=O)[O-])cc1F. The average Bonchev–Trinajstić information content (AvgIpc) is 2.20. The maximum absolute atomic E-state index is 12.7. The van der Waals surface area contributed by atoms with Gasteiger partial charge in [-0.3, -0.25) is 4.21 Å². The molecule has 0 radical (unpaired) electrons. The van der Waals surface area contributed by atoms with Crippen LogP contribution in [-0.4, -0.2) is 20.9 Å². The maximum Gasteiger partial charge on any atom is 0.250 e. The summed E-state index contributed by atoms with van der Waals surface area (Å²) in [5.74, 6) is -1.01. The van der Waals surface area contributed by atoms with Crippen molar-refractivity contribution in [3.05, 3.63) is 18.1 Å². The highest BCUT2D eigenvalue weighted by Gasteiger charge is 2.04. The zero-order chi connectivity index (χ0) is 11.1. The van der Waals surface area contributed by atoms with Crippen LogP contribution in [0.5, 0.6) is 5.88 Å². The fourth-order valence-electron chi connectivity index (χ4n) is 0.649. The van der Waals surface area contributed by atoms with Crippen LogP contribution in [0.25, 0.3) is 0 Å². The van der Waals surface area contributed by atoms with Crippen molar-refractivity contribution in [2.75, 3.05) is 7.11 Å². The molecular formula is C8H11FNO3S-. The standard InChI is InChI=1S/C6H6FNO3S.C2H6/c1-11-6-5(7)2-4(3-8-6)12(9)10;1-2/h2-3H,1H3,(H,9,10);1-2H3/p-1. The van der Waals surface area contributed by atoms with E-state index in [0.717, 1.165) is 12.3 Å². The molecule has 1 aromatic rings. The van der Waals surface area contributed by atoms with Crippen molar-refractivity contribution in [2.24, 2.45) is 0 Å². The highest BCUT2D eigenvalue weighted by Crippen LogP contribution is 2.14. The average molecular weight is 220 g/mol. The molecule has 0 N–H and O–H groups in total. The van der Waals surface area contributed by atoms with Crippen molar-refractivity contribution in [3.63, 3.8) is 0 Å².